The van der Waals surface area contributed by atoms with Crippen LogP contribution in [0.3, 0.4) is 0 Å². The predicted octanol–water partition coefficient (Wildman–Crippen LogP) is 3.37. The average molecular weight is 476 g/mol. The zero-order valence-electron chi connectivity index (χ0n) is 18.7. The molecule has 3 heterocycles. The molecule has 182 valence electrons. The Kier molecular flexibility index (Phi) is 6.44. The summed E-state index contributed by atoms with van der Waals surface area (Å²) in [5.41, 5.74) is -0.399. The lowest BCUT2D eigenvalue weighted by atomic mass is 9.81. The summed E-state index contributed by atoms with van der Waals surface area (Å²) in [6.07, 6.45) is 6.01. The van der Waals surface area contributed by atoms with Crippen molar-refractivity contribution >= 4 is 22.6 Å². The van der Waals surface area contributed by atoms with Crippen LogP contribution in [0.15, 0.2) is 36.7 Å². The van der Waals surface area contributed by atoms with Gasteiger partial charge in [-0.1, -0.05) is 12.2 Å². The fourth-order valence-electron chi connectivity index (χ4n) is 5.22. The Bertz CT molecular complexity index is 1060. The number of ether oxygens (including phenoxy) is 1. The fourth-order valence-corrected chi connectivity index (χ4v) is 5.22. The second kappa shape index (κ2) is 9.50. The maximum absolute atomic E-state index is 13.1. The number of fused-ring (bicyclic) bond motifs is 1. The number of anilines is 1. The number of benzene rings is 1. The van der Waals surface area contributed by atoms with E-state index in [4.69, 9.17) is 4.74 Å². The molecular formula is C24H28F3N5O2. The summed E-state index contributed by atoms with van der Waals surface area (Å²) >= 11 is 0. The summed E-state index contributed by atoms with van der Waals surface area (Å²) in [4.78, 5) is 22.9. The summed E-state index contributed by atoms with van der Waals surface area (Å²) in [7, 11) is 0. The highest BCUT2D eigenvalue weighted by atomic mass is 19.4. The molecule has 0 spiro atoms. The molecule has 5 rings (SSSR count). The largest absolute Gasteiger partial charge is 0.416 e. The second-order valence-corrected chi connectivity index (χ2v) is 9.32. The molecule has 1 aromatic heterocycles. The average Bonchev–Trinajstić information content (AvgIpc) is 3.34. The lowest BCUT2D eigenvalue weighted by molar-refractivity contribution is -0.137. The van der Waals surface area contributed by atoms with Crippen molar-refractivity contribution in [2.45, 2.75) is 50.0 Å². The summed E-state index contributed by atoms with van der Waals surface area (Å²) < 4.78 is 45.0. The minimum atomic E-state index is -4.46. The number of alkyl halides is 3. The lowest BCUT2D eigenvalue weighted by Crippen LogP contribution is -2.63. The molecule has 1 unspecified atom stereocenters. The highest BCUT2D eigenvalue weighted by molar-refractivity contribution is 5.91. The van der Waals surface area contributed by atoms with E-state index in [0.717, 1.165) is 44.7 Å². The number of halogens is 3. The van der Waals surface area contributed by atoms with Crippen LogP contribution < -0.4 is 10.6 Å². The Balaban J connectivity index is 1.08. The molecule has 2 aromatic rings. The van der Waals surface area contributed by atoms with Crippen molar-refractivity contribution in [1.29, 1.82) is 0 Å². The SMILES string of the molecule is O=C(CNc1ncnc2ccc(C(F)(F)F)cc12)NC1CN(C2CCC(C3C=CCO3)CC2)C1. The normalized spacial score (nSPS) is 25.9. The third-order valence-corrected chi connectivity index (χ3v) is 7.09. The van der Waals surface area contributed by atoms with Gasteiger partial charge in [0.1, 0.15) is 12.1 Å². The number of nitrogens with zero attached hydrogens (tertiary/aromatic N) is 3. The van der Waals surface area contributed by atoms with Gasteiger partial charge in [0.15, 0.2) is 0 Å². The monoisotopic (exact) mass is 475 g/mol. The molecule has 34 heavy (non-hydrogen) atoms. The molecule has 2 fully saturated rings. The molecule has 0 bridgehead atoms. The van der Waals surface area contributed by atoms with Crippen LogP contribution in [0.4, 0.5) is 19.0 Å². The lowest BCUT2D eigenvalue weighted by Gasteiger charge is -2.47. The van der Waals surface area contributed by atoms with Crippen molar-refractivity contribution in [1.82, 2.24) is 20.2 Å². The van der Waals surface area contributed by atoms with Crippen molar-refractivity contribution in [3.05, 3.63) is 42.2 Å². The molecule has 7 nitrogen and oxygen atoms in total. The third-order valence-electron chi connectivity index (χ3n) is 7.09. The second-order valence-electron chi connectivity index (χ2n) is 9.32. The van der Waals surface area contributed by atoms with E-state index in [1.807, 2.05) is 0 Å². The van der Waals surface area contributed by atoms with Crippen LogP contribution in [0.2, 0.25) is 0 Å². The first-order chi connectivity index (χ1) is 16.4. The molecule has 1 atom stereocenters. The van der Waals surface area contributed by atoms with E-state index in [1.54, 1.807) is 0 Å². The highest BCUT2D eigenvalue weighted by Gasteiger charge is 2.37. The van der Waals surface area contributed by atoms with E-state index in [2.05, 4.69) is 37.7 Å². The number of hydrogen-bond donors (Lipinski definition) is 2. The smallest absolute Gasteiger partial charge is 0.370 e. The molecule has 2 N–H and O–H groups in total. The number of carbonyl (C=O) groups excluding carboxylic acids is 1. The Morgan fingerprint density at radius 3 is 2.65 bits per heavy atom. The number of rotatable bonds is 6. The summed E-state index contributed by atoms with van der Waals surface area (Å²) in [6, 6.07) is 3.94. The molecule has 1 aromatic carbocycles. The first-order valence-corrected chi connectivity index (χ1v) is 11.7. The zero-order chi connectivity index (χ0) is 23.7. The van der Waals surface area contributed by atoms with E-state index in [9.17, 15) is 18.0 Å². The Labute approximate surface area is 195 Å². The van der Waals surface area contributed by atoms with Gasteiger partial charge < -0.3 is 15.4 Å². The van der Waals surface area contributed by atoms with Gasteiger partial charge in [0, 0.05) is 24.5 Å². The number of carbonyl (C=O) groups is 1. The van der Waals surface area contributed by atoms with Crippen molar-refractivity contribution in [3.8, 4) is 0 Å². The van der Waals surface area contributed by atoms with Crippen LogP contribution in [0.1, 0.15) is 31.2 Å². The van der Waals surface area contributed by atoms with Gasteiger partial charge in [-0.15, -0.1) is 0 Å². The molecule has 2 aliphatic heterocycles. The van der Waals surface area contributed by atoms with E-state index in [0.29, 0.717) is 17.5 Å². The number of likely N-dealkylation sites (tertiary alicyclic amines) is 1. The molecule has 1 aliphatic carbocycles. The third kappa shape index (κ3) is 5.02. The fraction of sp³-hybridized carbons (Fsp3) is 0.542. The van der Waals surface area contributed by atoms with Gasteiger partial charge in [-0.2, -0.15) is 13.2 Å². The van der Waals surface area contributed by atoms with Gasteiger partial charge in [-0.25, -0.2) is 9.97 Å². The number of aromatic nitrogens is 2. The molecule has 1 saturated heterocycles. The number of hydrogen-bond acceptors (Lipinski definition) is 6. The van der Waals surface area contributed by atoms with Gasteiger partial charge in [0.2, 0.25) is 5.91 Å². The van der Waals surface area contributed by atoms with Gasteiger partial charge in [-0.3, -0.25) is 9.69 Å². The standard InChI is InChI=1S/C24H28F3N5O2/c25-24(26,27)16-5-8-20-19(10-16)23(30-14-29-20)28-11-22(33)31-17-12-32(13-17)18-6-3-15(4-7-18)21-2-1-9-34-21/h1-2,5,8,10,14-15,17-18,21H,3-4,6-7,9,11-13H2,(H,31,33)(H,28,29,30). The maximum atomic E-state index is 13.1. The van der Waals surface area contributed by atoms with E-state index in [-0.39, 0.29) is 35.8 Å². The molecule has 1 amide bonds. The highest BCUT2D eigenvalue weighted by Crippen LogP contribution is 2.34. The van der Waals surface area contributed by atoms with E-state index in [1.165, 1.54) is 25.2 Å². The Morgan fingerprint density at radius 1 is 1.15 bits per heavy atom. The minimum Gasteiger partial charge on any atom is -0.370 e. The van der Waals surface area contributed by atoms with Crippen LogP contribution in [0, 0.1) is 5.92 Å². The molecular weight excluding hydrogens is 447 g/mol. The van der Waals surface area contributed by atoms with Crippen LogP contribution in [-0.4, -0.2) is 65.2 Å². The van der Waals surface area contributed by atoms with Crippen LogP contribution in [-0.2, 0) is 15.7 Å². The first kappa shape index (κ1) is 23.0. The molecule has 3 aliphatic rings. The summed E-state index contributed by atoms with van der Waals surface area (Å²) in [5.74, 6) is 0.611. The summed E-state index contributed by atoms with van der Waals surface area (Å²) in [5, 5.41) is 6.09. The zero-order valence-corrected chi connectivity index (χ0v) is 18.7. The Morgan fingerprint density at radius 2 is 1.94 bits per heavy atom. The van der Waals surface area contributed by atoms with E-state index >= 15 is 0 Å². The topological polar surface area (TPSA) is 79.4 Å². The molecule has 0 radical (unpaired) electrons. The van der Waals surface area contributed by atoms with Gasteiger partial charge in [0.05, 0.1) is 36.4 Å². The Hall–Kier alpha value is -2.72. The molecule has 10 heteroatoms. The van der Waals surface area contributed by atoms with Crippen molar-refractivity contribution in [2.24, 2.45) is 5.92 Å². The van der Waals surface area contributed by atoms with Gasteiger partial charge >= 0.3 is 6.18 Å². The number of nitrogens with one attached hydrogen (secondary N) is 2. The molecule has 1 saturated carbocycles. The van der Waals surface area contributed by atoms with Gasteiger partial charge in [-0.05, 0) is 49.8 Å². The van der Waals surface area contributed by atoms with Crippen LogP contribution in [0.25, 0.3) is 10.9 Å². The quantitative estimate of drug-likeness (QED) is 0.624. The van der Waals surface area contributed by atoms with Gasteiger partial charge in [0.25, 0.3) is 0 Å². The summed E-state index contributed by atoms with van der Waals surface area (Å²) in [6.45, 7) is 2.31. The van der Waals surface area contributed by atoms with Crippen molar-refractivity contribution in [2.75, 3.05) is 31.6 Å². The van der Waals surface area contributed by atoms with Crippen molar-refractivity contribution in [3.63, 3.8) is 0 Å². The van der Waals surface area contributed by atoms with Crippen LogP contribution >= 0.6 is 0 Å². The predicted molar refractivity (Wildman–Crippen MR) is 121 cm³/mol. The number of amides is 1. The minimum absolute atomic E-state index is 0.0706. The first-order valence-electron chi connectivity index (χ1n) is 11.7. The van der Waals surface area contributed by atoms with E-state index < -0.39 is 11.7 Å². The van der Waals surface area contributed by atoms with Crippen LogP contribution in [0.5, 0.6) is 0 Å². The maximum Gasteiger partial charge on any atom is 0.416 e. The van der Waals surface area contributed by atoms with Crippen molar-refractivity contribution < 1.29 is 22.7 Å².